The van der Waals surface area contributed by atoms with E-state index in [1.807, 2.05) is 0 Å². The van der Waals surface area contributed by atoms with E-state index in [9.17, 15) is 9.50 Å². The second-order valence-corrected chi connectivity index (χ2v) is 4.58. The average Bonchev–Trinajstić information content (AvgIpc) is 2.28. The molecule has 0 saturated heterocycles. The van der Waals surface area contributed by atoms with Gasteiger partial charge in [0.15, 0.2) is 0 Å². The lowest BCUT2D eigenvalue weighted by atomic mass is 10.00. The minimum Gasteiger partial charge on any atom is -0.387 e. The number of aliphatic hydroxyl groups excluding tert-OH is 1. The first-order valence-corrected chi connectivity index (χ1v) is 5.88. The molecule has 0 aliphatic rings. The standard InChI is InChI=1S/C11H16BrFN2O/c1-15-5-4-10(14)11(16)8-6-7(12)2-3-9(8)13/h2-3,6,10-11,15-16H,4-5,14H2,1H3. The minimum atomic E-state index is -0.981. The highest BCUT2D eigenvalue weighted by Crippen LogP contribution is 2.24. The van der Waals surface area contributed by atoms with E-state index in [1.54, 1.807) is 19.2 Å². The van der Waals surface area contributed by atoms with Crippen molar-refractivity contribution in [3.05, 3.63) is 34.1 Å². The lowest BCUT2D eigenvalue weighted by Crippen LogP contribution is -2.32. The van der Waals surface area contributed by atoms with Crippen LogP contribution in [0, 0.1) is 5.82 Å². The van der Waals surface area contributed by atoms with Gasteiger partial charge in [-0.05, 0) is 38.2 Å². The van der Waals surface area contributed by atoms with Gasteiger partial charge in [0.05, 0.1) is 6.10 Å². The second-order valence-electron chi connectivity index (χ2n) is 3.67. The lowest BCUT2D eigenvalue weighted by Gasteiger charge is -2.19. The van der Waals surface area contributed by atoms with Crippen molar-refractivity contribution < 1.29 is 9.50 Å². The van der Waals surface area contributed by atoms with Crippen LogP contribution in [0.25, 0.3) is 0 Å². The Balaban J connectivity index is 2.78. The van der Waals surface area contributed by atoms with Crippen molar-refractivity contribution in [1.29, 1.82) is 0 Å². The molecule has 0 amide bonds. The number of halogens is 2. The van der Waals surface area contributed by atoms with Gasteiger partial charge in [-0.2, -0.15) is 0 Å². The highest BCUT2D eigenvalue weighted by Gasteiger charge is 2.20. The third kappa shape index (κ3) is 3.52. The van der Waals surface area contributed by atoms with Crippen molar-refractivity contribution in [1.82, 2.24) is 5.32 Å². The van der Waals surface area contributed by atoms with Crippen molar-refractivity contribution in [2.75, 3.05) is 13.6 Å². The number of nitrogens with one attached hydrogen (secondary N) is 1. The molecule has 0 radical (unpaired) electrons. The maximum Gasteiger partial charge on any atom is 0.129 e. The summed E-state index contributed by atoms with van der Waals surface area (Å²) in [5, 5.41) is 12.8. The highest BCUT2D eigenvalue weighted by atomic mass is 79.9. The van der Waals surface area contributed by atoms with Gasteiger partial charge in [-0.3, -0.25) is 0 Å². The third-order valence-corrected chi connectivity index (χ3v) is 2.90. The quantitative estimate of drug-likeness (QED) is 0.771. The van der Waals surface area contributed by atoms with Gasteiger partial charge in [0, 0.05) is 16.1 Å². The Bertz CT molecular complexity index is 349. The van der Waals surface area contributed by atoms with Crippen molar-refractivity contribution in [2.45, 2.75) is 18.6 Å². The summed E-state index contributed by atoms with van der Waals surface area (Å²) in [7, 11) is 1.80. The van der Waals surface area contributed by atoms with Gasteiger partial charge in [-0.1, -0.05) is 15.9 Å². The normalized spacial score (nSPS) is 14.8. The second kappa shape index (κ2) is 6.30. The van der Waals surface area contributed by atoms with Crippen LogP contribution in [0.3, 0.4) is 0 Å². The summed E-state index contributed by atoms with van der Waals surface area (Å²) in [6.07, 6.45) is -0.394. The predicted molar refractivity (Wildman–Crippen MR) is 65.6 cm³/mol. The fraction of sp³-hybridized carbons (Fsp3) is 0.455. The summed E-state index contributed by atoms with van der Waals surface area (Å²) in [4.78, 5) is 0. The van der Waals surface area contributed by atoms with Crippen LogP contribution in [0.5, 0.6) is 0 Å². The van der Waals surface area contributed by atoms with Crippen LogP contribution in [0.4, 0.5) is 4.39 Å². The van der Waals surface area contributed by atoms with Crippen LogP contribution in [-0.4, -0.2) is 24.7 Å². The zero-order valence-electron chi connectivity index (χ0n) is 9.08. The molecule has 1 rings (SSSR count). The summed E-state index contributed by atoms with van der Waals surface area (Å²) in [6, 6.07) is 3.98. The van der Waals surface area contributed by atoms with Crippen LogP contribution in [0.2, 0.25) is 0 Å². The molecule has 2 atom stereocenters. The molecular weight excluding hydrogens is 275 g/mol. The fourth-order valence-corrected chi connectivity index (χ4v) is 1.82. The summed E-state index contributed by atoms with van der Waals surface area (Å²) < 4.78 is 14.2. The molecule has 0 fully saturated rings. The van der Waals surface area contributed by atoms with Crippen LogP contribution in [0.15, 0.2) is 22.7 Å². The smallest absolute Gasteiger partial charge is 0.129 e. The van der Waals surface area contributed by atoms with Gasteiger partial charge in [0.2, 0.25) is 0 Å². The van der Waals surface area contributed by atoms with Gasteiger partial charge in [-0.15, -0.1) is 0 Å². The molecule has 0 aliphatic heterocycles. The molecular formula is C11H16BrFN2O. The molecule has 16 heavy (non-hydrogen) atoms. The molecule has 0 saturated carbocycles. The highest BCUT2D eigenvalue weighted by molar-refractivity contribution is 9.10. The van der Waals surface area contributed by atoms with Gasteiger partial charge in [0.1, 0.15) is 5.82 Å². The molecule has 0 bridgehead atoms. The summed E-state index contributed by atoms with van der Waals surface area (Å²) >= 11 is 3.24. The number of hydrogen-bond donors (Lipinski definition) is 3. The first kappa shape index (κ1) is 13.6. The van der Waals surface area contributed by atoms with Crippen LogP contribution in [0.1, 0.15) is 18.1 Å². The van der Waals surface area contributed by atoms with E-state index >= 15 is 0 Å². The van der Waals surface area contributed by atoms with E-state index in [4.69, 9.17) is 5.73 Å². The van der Waals surface area contributed by atoms with Crippen molar-refractivity contribution in [3.63, 3.8) is 0 Å². The van der Waals surface area contributed by atoms with Crippen LogP contribution < -0.4 is 11.1 Å². The van der Waals surface area contributed by atoms with Crippen LogP contribution in [-0.2, 0) is 0 Å². The zero-order chi connectivity index (χ0) is 12.1. The van der Waals surface area contributed by atoms with E-state index in [-0.39, 0.29) is 5.56 Å². The molecule has 4 N–H and O–H groups in total. The predicted octanol–water partition coefficient (Wildman–Crippen LogP) is 1.56. The molecule has 3 nitrogen and oxygen atoms in total. The van der Waals surface area contributed by atoms with Crippen molar-refractivity contribution in [3.8, 4) is 0 Å². The molecule has 0 aromatic heterocycles. The maximum atomic E-state index is 13.5. The third-order valence-electron chi connectivity index (χ3n) is 2.41. The SMILES string of the molecule is CNCCC(N)C(O)c1cc(Br)ccc1F. The molecule has 2 unspecified atom stereocenters. The summed E-state index contributed by atoms with van der Waals surface area (Å²) in [6.45, 7) is 0.688. The molecule has 0 heterocycles. The summed E-state index contributed by atoms with van der Waals surface area (Å²) in [5.74, 6) is -0.435. The topological polar surface area (TPSA) is 58.3 Å². The number of rotatable bonds is 5. The summed E-state index contributed by atoms with van der Waals surface area (Å²) in [5.41, 5.74) is 6.02. The number of nitrogens with two attached hydrogens (primary N) is 1. The first-order valence-electron chi connectivity index (χ1n) is 5.09. The van der Waals surface area contributed by atoms with E-state index in [2.05, 4.69) is 21.2 Å². The molecule has 5 heteroatoms. The van der Waals surface area contributed by atoms with E-state index in [0.717, 1.165) is 4.47 Å². The monoisotopic (exact) mass is 290 g/mol. The maximum absolute atomic E-state index is 13.5. The number of aliphatic hydroxyl groups is 1. The Morgan fingerprint density at radius 3 is 2.88 bits per heavy atom. The Hall–Kier alpha value is -0.490. The Kier molecular flexibility index (Phi) is 5.34. The van der Waals surface area contributed by atoms with Gasteiger partial charge in [0.25, 0.3) is 0 Å². The minimum absolute atomic E-state index is 0.234. The van der Waals surface area contributed by atoms with Crippen molar-refractivity contribution in [2.24, 2.45) is 5.73 Å². The van der Waals surface area contributed by atoms with Gasteiger partial charge in [-0.25, -0.2) is 4.39 Å². The Labute approximate surface area is 103 Å². The molecule has 0 spiro atoms. The number of hydrogen-bond acceptors (Lipinski definition) is 3. The lowest BCUT2D eigenvalue weighted by molar-refractivity contribution is 0.138. The van der Waals surface area contributed by atoms with Crippen molar-refractivity contribution >= 4 is 15.9 Å². The molecule has 0 aliphatic carbocycles. The van der Waals surface area contributed by atoms with E-state index in [1.165, 1.54) is 6.07 Å². The van der Waals surface area contributed by atoms with E-state index in [0.29, 0.717) is 13.0 Å². The molecule has 90 valence electrons. The largest absolute Gasteiger partial charge is 0.387 e. The van der Waals surface area contributed by atoms with E-state index < -0.39 is 18.0 Å². The molecule has 1 aromatic rings. The fourth-order valence-electron chi connectivity index (χ4n) is 1.44. The van der Waals surface area contributed by atoms with Gasteiger partial charge >= 0.3 is 0 Å². The first-order chi connectivity index (χ1) is 7.56. The van der Waals surface area contributed by atoms with Crippen LogP contribution >= 0.6 is 15.9 Å². The van der Waals surface area contributed by atoms with Gasteiger partial charge < -0.3 is 16.2 Å². The zero-order valence-corrected chi connectivity index (χ0v) is 10.7. The Morgan fingerprint density at radius 2 is 2.25 bits per heavy atom. The molecule has 1 aromatic carbocycles. The Morgan fingerprint density at radius 1 is 1.56 bits per heavy atom. The number of benzene rings is 1. The average molecular weight is 291 g/mol.